The van der Waals surface area contributed by atoms with Crippen molar-refractivity contribution in [1.29, 1.82) is 0 Å². The van der Waals surface area contributed by atoms with Crippen LogP contribution in [0.15, 0.2) is 24.3 Å². The molecule has 7 aliphatic rings. The van der Waals surface area contributed by atoms with Gasteiger partial charge in [0.15, 0.2) is 5.11 Å². The second-order valence-corrected chi connectivity index (χ2v) is 11.9. The van der Waals surface area contributed by atoms with Crippen molar-refractivity contribution in [2.45, 2.75) is 81.5 Å². The summed E-state index contributed by atoms with van der Waals surface area (Å²) in [6.45, 7) is 1.84. The quantitative estimate of drug-likeness (QED) is 0.675. The molecule has 2 atom stereocenters. The maximum Gasteiger partial charge on any atom is 0.411 e. The average Bonchev–Trinajstić information content (AvgIpc) is 3.26. The monoisotopic (exact) mass is 451 g/mol. The number of likely N-dealkylation sites (tertiary alicyclic amines) is 1. The van der Waals surface area contributed by atoms with Gasteiger partial charge in [0, 0.05) is 31.1 Å². The number of nitrogens with zero attached hydrogens (tertiary/aromatic N) is 2. The number of carbonyl (C=O) groups excluding carboxylic acids is 1. The van der Waals surface area contributed by atoms with Crippen LogP contribution in [0.2, 0.25) is 0 Å². The largest absolute Gasteiger partial charge is 0.443 e. The number of ether oxygens (including phenoxy) is 1. The van der Waals surface area contributed by atoms with Gasteiger partial charge < -0.3 is 15.0 Å². The third-order valence-electron chi connectivity index (χ3n) is 9.47. The van der Waals surface area contributed by atoms with Gasteiger partial charge in [-0.15, -0.1) is 0 Å². The molecule has 0 aromatic heterocycles. The van der Waals surface area contributed by atoms with Crippen molar-refractivity contribution < 1.29 is 9.53 Å². The van der Waals surface area contributed by atoms with E-state index in [0.29, 0.717) is 0 Å². The zero-order valence-electron chi connectivity index (χ0n) is 18.7. The zero-order chi connectivity index (χ0) is 21.4. The fourth-order valence-electron chi connectivity index (χ4n) is 8.57. The number of piperidine rings is 1. The summed E-state index contributed by atoms with van der Waals surface area (Å²) in [6.07, 6.45) is 10.9. The second kappa shape index (κ2) is 7.09. The van der Waals surface area contributed by atoms with Crippen LogP contribution in [0.5, 0.6) is 0 Å². The first-order valence-corrected chi connectivity index (χ1v) is 13.1. The zero-order valence-corrected chi connectivity index (χ0v) is 19.5. The molecule has 6 heteroatoms. The molecular formula is C26H33N3O2S. The Labute approximate surface area is 195 Å². The normalized spacial score (nSPS) is 39.8. The van der Waals surface area contributed by atoms with Crippen molar-refractivity contribution in [1.82, 2.24) is 15.1 Å². The fourth-order valence-corrected chi connectivity index (χ4v) is 8.97. The number of nitrogens with one attached hydrogen (secondary N) is 1. The highest BCUT2D eigenvalue weighted by molar-refractivity contribution is 7.80. The van der Waals surface area contributed by atoms with Gasteiger partial charge in [-0.1, -0.05) is 24.3 Å². The Morgan fingerprint density at radius 3 is 2.38 bits per heavy atom. The molecule has 0 spiro atoms. The van der Waals surface area contributed by atoms with E-state index >= 15 is 0 Å². The van der Waals surface area contributed by atoms with Crippen LogP contribution in [0.3, 0.4) is 0 Å². The van der Waals surface area contributed by atoms with E-state index in [1.807, 2.05) is 0 Å². The highest BCUT2D eigenvalue weighted by atomic mass is 32.1. The van der Waals surface area contributed by atoms with Crippen molar-refractivity contribution in [3.05, 3.63) is 35.4 Å². The molecule has 5 aliphatic carbocycles. The minimum Gasteiger partial charge on any atom is -0.443 e. The summed E-state index contributed by atoms with van der Waals surface area (Å²) in [5, 5.41) is 4.85. The van der Waals surface area contributed by atoms with E-state index in [4.69, 9.17) is 17.0 Å². The number of hydrogen-bond donors (Lipinski definition) is 1. The van der Waals surface area contributed by atoms with Crippen LogP contribution in [0, 0.1) is 17.8 Å². The SMILES string of the molecule is O=C1O[C@@H]2Cc3ccccc3[C@@H]2N1C1CCN(C(=S)NC23CC4CC(CC(C4)C2)C3)CC1. The molecule has 170 valence electrons. The maximum atomic E-state index is 12.8. The number of fused-ring (bicyclic) bond motifs is 3. The summed E-state index contributed by atoms with van der Waals surface area (Å²) in [5.74, 6) is 2.77. The van der Waals surface area contributed by atoms with Gasteiger partial charge in [-0.3, -0.25) is 4.90 Å². The lowest BCUT2D eigenvalue weighted by Gasteiger charge is -2.57. The minimum atomic E-state index is -0.123. The van der Waals surface area contributed by atoms with Crippen LogP contribution >= 0.6 is 12.2 Å². The summed E-state index contributed by atoms with van der Waals surface area (Å²) >= 11 is 5.94. The summed E-state index contributed by atoms with van der Waals surface area (Å²) in [7, 11) is 0. The molecule has 1 amide bonds. The van der Waals surface area contributed by atoms with E-state index in [1.165, 1.54) is 49.7 Å². The average molecular weight is 452 g/mol. The Morgan fingerprint density at radius 1 is 1.03 bits per heavy atom. The van der Waals surface area contributed by atoms with Gasteiger partial charge in [0.05, 0.1) is 6.04 Å². The van der Waals surface area contributed by atoms with Crippen molar-refractivity contribution in [3.63, 3.8) is 0 Å². The van der Waals surface area contributed by atoms with Crippen LogP contribution in [0.25, 0.3) is 0 Å². The third-order valence-corrected chi connectivity index (χ3v) is 9.83. The van der Waals surface area contributed by atoms with Gasteiger partial charge >= 0.3 is 6.09 Å². The smallest absolute Gasteiger partial charge is 0.411 e. The van der Waals surface area contributed by atoms with Gasteiger partial charge in [-0.2, -0.15) is 0 Å². The second-order valence-electron chi connectivity index (χ2n) is 11.5. The molecule has 1 aromatic rings. The van der Waals surface area contributed by atoms with E-state index in [9.17, 15) is 4.79 Å². The predicted molar refractivity (Wildman–Crippen MR) is 126 cm³/mol. The van der Waals surface area contributed by atoms with Crippen molar-refractivity contribution >= 4 is 23.4 Å². The van der Waals surface area contributed by atoms with Gasteiger partial charge in [0.1, 0.15) is 6.10 Å². The van der Waals surface area contributed by atoms with Gasteiger partial charge in [-0.05, 0) is 92.5 Å². The molecule has 1 aromatic carbocycles. The lowest BCUT2D eigenvalue weighted by atomic mass is 9.53. The minimum absolute atomic E-state index is 0.0169. The number of hydrogen-bond acceptors (Lipinski definition) is 3. The molecule has 32 heavy (non-hydrogen) atoms. The highest BCUT2D eigenvalue weighted by Gasteiger charge is 2.52. The number of rotatable bonds is 2. The molecule has 4 saturated carbocycles. The number of carbonyl (C=O) groups is 1. The molecule has 0 unspecified atom stereocenters. The first-order chi connectivity index (χ1) is 15.6. The fraction of sp³-hybridized carbons (Fsp3) is 0.692. The molecule has 5 nitrogen and oxygen atoms in total. The van der Waals surface area contributed by atoms with Gasteiger partial charge in [0.2, 0.25) is 0 Å². The van der Waals surface area contributed by atoms with Crippen LogP contribution in [-0.4, -0.2) is 51.8 Å². The number of thiocarbonyl (C=S) groups is 1. The Balaban J connectivity index is 1.01. The summed E-state index contributed by atoms with van der Waals surface area (Å²) < 4.78 is 5.80. The molecule has 2 aliphatic heterocycles. The highest BCUT2D eigenvalue weighted by Crippen LogP contribution is 2.55. The summed E-state index contributed by atoms with van der Waals surface area (Å²) in [4.78, 5) is 17.2. The predicted octanol–water partition coefficient (Wildman–Crippen LogP) is 4.41. The van der Waals surface area contributed by atoms with E-state index < -0.39 is 0 Å². The molecule has 1 N–H and O–H groups in total. The van der Waals surface area contributed by atoms with E-state index in [2.05, 4.69) is 39.4 Å². The summed E-state index contributed by atoms with van der Waals surface area (Å²) in [6, 6.07) is 8.85. The maximum absolute atomic E-state index is 12.8. The van der Waals surface area contributed by atoms with Crippen molar-refractivity contribution in [3.8, 4) is 0 Å². The van der Waals surface area contributed by atoms with Crippen LogP contribution in [-0.2, 0) is 11.2 Å². The molecule has 2 heterocycles. The van der Waals surface area contributed by atoms with E-state index in [-0.39, 0.29) is 29.8 Å². The van der Waals surface area contributed by atoms with Crippen LogP contribution < -0.4 is 5.32 Å². The Morgan fingerprint density at radius 2 is 1.69 bits per heavy atom. The topological polar surface area (TPSA) is 44.8 Å². The lowest BCUT2D eigenvalue weighted by Crippen LogP contribution is -2.62. The standard InChI is InChI=1S/C26H33N3O2S/c30-25-29(23-21-4-2-1-3-19(21)12-22(23)31-25)20-5-7-28(8-6-20)24(32)27-26-13-16-9-17(14-26)11-18(10-16)15-26/h1-4,16-18,20,22-23H,5-15H2,(H,27,32)/t16?,17?,18?,22-,23+,26?/m1/s1. The molecule has 6 fully saturated rings. The third kappa shape index (κ3) is 3.01. The van der Waals surface area contributed by atoms with Crippen LogP contribution in [0.4, 0.5) is 4.79 Å². The number of benzene rings is 1. The lowest BCUT2D eigenvalue weighted by molar-refractivity contribution is -0.0115. The van der Waals surface area contributed by atoms with E-state index in [1.54, 1.807) is 0 Å². The van der Waals surface area contributed by atoms with Crippen molar-refractivity contribution in [2.75, 3.05) is 13.1 Å². The first kappa shape index (κ1) is 19.6. The van der Waals surface area contributed by atoms with Crippen LogP contribution in [0.1, 0.15) is 68.5 Å². The van der Waals surface area contributed by atoms with E-state index in [0.717, 1.165) is 55.2 Å². The Hall–Kier alpha value is -1.82. The van der Waals surface area contributed by atoms with Gasteiger partial charge in [-0.25, -0.2) is 4.79 Å². The van der Waals surface area contributed by atoms with Crippen molar-refractivity contribution in [2.24, 2.45) is 17.8 Å². The summed E-state index contributed by atoms with van der Waals surface area (Å²) in [5.41, 5.74) is 2.88. The molecule has 2 saturated heterocycles. The number of amides is 1. The molecule has 8 rings (SSSR count). The molecule has 4 bridgehead atoms. The Bertz CT molecular complexity index is 921. The first-order valence-electron chi connectivity index (χ1n) is 12.7. The molecule has 0 radical (unpaired) electrons. The molecular weight excluding hydrogens is 418 g/mol. The van der Waals surface area contributed by atoms with Gasteiger partial charge in [0.25, 0.3) is 0 Å². The Kier molecular flexibility index (Phi) is 4.35.